The van der Waals surface area contributed by atoms with Crippen LogP contribution in [0.5, 0.6) is 0 Å². The maximum absolute atomic E-state index is 13.5. The molecule has 172 valence electrons. The van der Waals surface area contributed by atoms with E-state index in [1.807, 2.05) is 0 Å². The van der Waals surface area contributed by atoms with Gasteiger partial charge in [-0.2, -0.15) is 0 Å². The number of aryl methyl sites for hydroxylation is 1. The SMILES string of the molecule is Cc1cc(=O)oc2c1ccc1oc(C(=O)c3ccccc3)c(-c3cc([N+](=O)[O-])cc([N+](=O)[O-])c3)c12. The second-order valence-electron chi connectivity index (χ2n) is 7.82. The van der Waals surface area contributed by atoms with Gasteiger partial charge in [-0.05, 0) is 24.6 Å². The van der Waals surface area contributed by atoms with E-state index in [1.54, 1.807) is 49.4 Å². The van der Waals surface area contributed by atoms with Crippen molar-refractivity contribution in [1.82, 2.24) is 0 Å². The molecular weight excluding hydrogens is 456 g/mol. The molecule has 0 unspecified atom stereocenters. The van der Waals surface area contributed by atoms with E-state index in [4.69, 9.17) is 8.83 Å². The number of ketones is 1. The van der Waals surface area contributed by atoms with Gasteiger partial charge in [0, 0.05) is 40.3 Å². The molecule has 10 nitrogen and oxygen atoms in total. The summed E-state index contributed by atoms with van der Waals surface area (Å²) in [4.78, 5) is 47.2. The first-order valence-electron chi connectivity index (χ1n) is 10.3. The Morgan fingerprint density at radius 2 is 1.51 bits per heavy atom. The number of furan rings is 1. The number of nitro benzene ring substituents is 2. The second-order valence-corrected chi connectivity index (χ2v) is 7.82. The van der Waals surface area contributed by atoms with Gasteiger partial charge >= 0.3 is 5.63 Å². The number of hydrogen-bond donors (Lipinski definition) is 0. The zero-order chi connectivity index (χ0) is 24.9. The number of nitrogens with zero attached hydrogens (tertiary/aromatic N) is 2. The lowest BCUT2D eigenvalue weighted by atomic mass is 9.95. The van der Waals surface area contributed by atoms with E-state index in [0.29, 0.717) is 10.9 Å². The molecule has 0 atom stereocenters. The summed E-state index contributed by atoms with van der Waals surface area (Å²) in [6.07, 6.45) is 0. The van der Waals surface area contributed by atoms with Gasteiger partial charge in [-0.1, -0.05) is 30.3 Å². The Hall–Kier alpha value is -5.12. The maximum Gasteiger partial charge on any atom is 0.336 e. The summed E-state index contributed by atoms with van der Waals surface area (Å²) >= 11 is 0. The van der Waals surface area contributed by atoms with Crippen LogP contribution in [0.3, 0.4) is 0 Å². The molecule has 2 aromatic heterocycles. The number of carbonyl (C=O) groups is 1. The van der Waals surface area contributed by atoms with Crippen LogP contribution < -0.4 is 5.63 Å². The van der Waals surface area contributed by atoms with E-state index in [2.05, 4.69) is 0 Å². The first-order chi connectivity index (χ1) is 16.7. The van der Waals surface area contributed by atoms with Crippen molar-refractivity contribution in [3.63, 3.8) is 0 Å². The average molecular weight is 470 g/mol. The topological polar surface area (TPSA) is 147 Å². The number of hydrogen-bond acceptors (Lipinski definition) is 8. The lowest BCUT2D eigenvalue weighted by molar-refractivity contribution is -0.394. The largest absolute Gasteiger partial charge is 0.452 e. The van der Waals surface area contributed by atoms with Crippen molar-refractivity contribution in [2.75, 3.05) is 0 Å². The first-order valence-corrected chi connectivity index (χ1v) is 10.3. The van der Waals surface area contributed by atoms with Crippen LogP contribution in [0, 0.1) is 27.2 Å². The minimum atomic E-state index is -0.764. The highest BCUT2D eigenvalue weighted by Gasteiger charge is 2.28. The molecule has 0 amide bonds. The Morgan fingerprint density at radius 1 is 0.857 bits per heavy atom. The van der Waals surface area contributed by atoms with Crippen molar-refractivity contribution in [3.05, 3.63) is 114 Å². The number of carbonyl (C=O) groups excluding carboxylic acids is 1. The summed E-state index contributed by atoms with van der Waals surface area (Å²) in [6, 6.07) is 15.8. The van der Waals surface area contributed by atoms with Crippen molar-refractivity contribution in [2.45, 2.75) is 6.92 Å². The molecule has 0 aliphatic rings. The van der Waals surface area contributed by atoms with Gasteiger partial charge in [-0.15, -0.1) is 0 Å². The summed E-state index contributed by atoms with van der Waals surface area (Å²) in [7, 11) is 0. The van der Waals surface area contributed by atoms with Gasteiger partial charge in [0.25, 0.3) is 11.4 Å². The van der Waals surface area contributed by atoms with Crippen LogP contribution in [0.1, 0.15) is 21.7 Å². The van der Waals surface area contributed by atoms with Crippen molar-refractivity contribution < 1.29 is 23.5 Å². The van der Waals surface area contributed by atoms with Gasteiger partial charge in [0.05, 0.1) is 21.3 Å². The molecule has 0 bridgehead atoms. The van der Waals surface area contributed by atoms with E-state index in [0.717, 1.165) is 18.2 Å². The van der Waals surface area contributed by atoms with E-state index < -0.39 is 32.6 Å². The Balaban J connectivity index is 1.96. The zero-order valence-electron chi connectivity index (χ0n) is 18.0. The number of fused-ring (bicyclic) bond motifs is 3. The number of nitro groups is 2. The van der Waals surface area contributed by atoms with Crippen LogP contribution in [0.2, 0.25) is 0 Å². The van der Waals surface area contributed by atoms with Crippen LogP contribution >= 0.6 is 0 Å². The summed E-state index contributed by atoms with van der Waals surface area (Å²) in [5, 5.41) is 23.8. The van der Waals surface area contributed by atoms with Crippen LogP contribution in [0.15, 0.2) is 80.4 Å². The highest BCUT2D eigenvalue weighted by atomic mass is 16.6. The van der Waals surface area contributed by atoms with Crippen LogP contribution in [0.4, 0.5) is 11.4 Å². The minimum Gasteiger partial charge on any atom is -0.452 e. The van der Waals surface area contributed by atoms with Crippen molar-refractivity contribution in [1.29, 1.82) is 0 Å². The maximum atomic E-state index is 13.5. The molecule has 0 saturated carbocycles. The normalized spacial score (nSPS) is 11.1. The summed E-state index contributed by atoms with van der Waals surface area (Å²) in [6.45, 7) is 1.71. The van der Waals surface area contributed by atoms with Crippen LogP contribution in [-0.2, 0) is 0 Å². The van der Waals surface area contributed by atoms with Gasteiger partial charge in [-0.3, -0.25) is 25.0 Å². The van der Waals surface area contributed by atoms with Crippen molar-refractivity contribution in [2.24, 2.45) is 0 Å². The molecule has 3 aromatic carbocycles. The van der Waals surface area contributed by atoms with E-state index in [1.165, 1.54) is 6.07 Å². The van der Waals surface area contributed by atoms with Crippen LogP contribution in [0.25, 0.3) is 33.1 Å². The molecule has 0 spiro atoms. The van der Waals surface area contributed by atoms with Gasteiger partial charge in [-0.25, -0.2) is 4.79 Å². The average Bonchev–Trinajstić information content (AvgIpc) is 3.24. The Morgan fingerprint density at radius 3 is 2.14 bits per heavy atom. The molecule has 0 fully saturated rings. The molecule has 0 saturated heterocycles. The molecule has 10 heteroatoms. The second kappa shape index (κ2) is 8.03. The molecule has 2 heterocycles. The fourth-order valence-corrected chi connectivity index (χ4v) is 4.07. The number of benzene rings is 3. The standard InChI is InChI=1S/C25H14N2O8/c1-13-9-20(28)35-24-18(13)7-8-19-22(24)21(25(34-19)23(29)14-5-3-2-4-6-14)15-10-16(26(30)31)12-17(11-15)27(32)33/h2-12H,1H3. The lowest BCUT2D eigenvalue weighted by Gasteiger charge is -2.06. The molecule has 0 N–H and O–H groups in total. The Bertz CT molecular complexity index is 1720. The molecule has 5 aromatic rings. The number of rotatable bonds is 5. The molecule has 5 rings (SSSR count). The molecular formula is C25H14N2O8. The Kier molecular flexibility index (Phi) is 4.98. The zero-order valence-corrected chi connectivity index (χ0v) is 18.0. The first kappa shape index (κ1) is 21.7. The summed E-state index contributed by atoms with van der Waals surface area (Å²) < 4.78 is 11.4. The molecule has 0 aliphatic carbocycles. The van der Waals surface area contributed by atoms with Gasteiger partial charge in [0.15, 0.2) is 5.76 Å². The van der Waals surface area contributed by atoms with Gasteiger partial charge < -0.3 is 8.83 Å². The Labute approximate surface area is 195 Å². The third-order valence-corrected chi connectivity index (χ3v) is 5.63. The lowest BCUT2D eigenvalue weighted by Crippen LogP contribution is -2.02. The quantitative estimate of drug-likeness (QED) is 0.140. The molecule has 0 radical (unpaired) electrons. The molecule has 0 aliphatic heterocycles. The summed E-state index contributed by atoms with van der Waals surface area (Å²) in [5.41, 5.74) is -0.515. The van der Waals surface area contributed by atoms with Crippen LogP contribution in [-0.4, -0.2) is 15.6 Å². The van der Waals surface area contributed by atoms with E-state index >= 15 is 0 Å². The van der Waals surface area contributed by atoms with Crippen molar-refractivity contribution >= 4 is 39.1 Å². The third kappa shape index (κ3) is 3.62. The number of non-ortho nitro benzene ring substituents is 2. The van der Waals surface area contributed by atoms with Gasteiger partial charge in [0.1, 0.15) is 11.2 Å². The summed E-state index contributed by atoms with van der Waals surface area (Å²) in [5.74, 6) is -0.744. The predicted octanol–water partition coefficient (Wildman–Crippen LogP) is 5.56. The molecule has 35 heavy (non-hydrogen) atoms. The van der Waals surface area contributed by atoms with E-state index in [9.17, 15) is 29.8 Å². The monoisotopic (exact) mass is 470 g/mol. The fraction of sp³-hybridized carbons (Fsp3) is 0.0400. The van der Waals surface area contributed by atoms with Gasteiger partial charge in [0.2, 0.25) is 5.78 Å². The third-order valence-electron chi connectivity index (χ3n) is 5.63. The van der Waals surface area contributed by atoms with Crippen molar-refractivity contribution in [3.8, 4) is 11.1 Å². The minimum absolute atomic E-state index is 0.000543. The fourth-order valence-electron chi connectivity index (χ4n) is 4.07. The predicted molar refractivity (Wildman–Crippen MR) is 126 cm³/mol. The highest BCUT2D eigenvalue weighted by molar-refractivity contribution is 6.20. The van der Waals surface area contributed by atoms with E-state index in [-0.39, 0.29) is 39.0 Å². The highest BCUT2D eigenvalue weighted by Crippen LogP contribution is 2.42. The smallest absolute Gasteiger partial charge is 0.336 e.